The van der Waals surface area contributed by atoms with Crippen molar-refractivity contribution in [3.8, 4) is 0 Å². The molecule has 112 valence electrons. The number of aliphatic hydroxyl groups is 5. The molecule has 0 amide bonds. The molecule has 0 aliphatic heterocycles. The van der Waals surface area contributed by atoms with Gasteiger partial charge in [-0.2, -0.15) is 5.10 Å². The van der Waals surface area contributed by atoms with E-state index in [0.29, 0.717) is 0 Å². The molecule has 4 atom stereocenters. The summed E-state index contributed by atoms with van der Waals surface area (Å²) in [6, 6.07) is 7.36. The van der Waals surface area contributed by atoms with Crippen LogP contribution < -0.4 is 5.43 Å². The van der Waals surface area contributed by atoms with Crippen LogP contribution in [0.2, 0.25) is 0 Å². The van der Waals surface area contributed by atoms with Crippen molar-refractivity contribution in [2.75, 3.05) is 12.0 Å². The van der Waals surface area contributed by atoms with Gasteiger partial charge in [-0.15, -0.1) is 0 Å². The average molecular weight is 284 g/mol. The SMILES string of the molecule is Cc1ccccc1NN=C[C@H](O)[C@@H](O)[C@@H](O)[C@H](O)CO. The Bertz CT molecular complexity index is 441. The number of aryl methyl sites for hydroxylation is 1. The summed E-state index contributed by atoms with van der Waals surface area (Å²) in [7, 11) is 0. The van der Waals surface area contributed by atoms with E-state index < -0.39 is 31.0 Å². The molecule has 7 heteroatoms. The zero-order valence-corrected chi connectivity index (χ0v) is 11.1. The molecular formula is C13H20N2O5. The Balaban J connectivity index is 2.55. The quantitative estimate of drug-likeness (QED) is 0.277. The van der Waals surface area contributed by atoms with Gasteiger partial charge in [0.2, 0.25) is 0 Å². The van der Waals surface area contributed by atoms with Gasteiger partial charge >= 0.3 is 0 Å². The summed E-state index contributed by atoms with van der Waals surface area (Å²) < 4.78 is 0. The molecule has 0 aromatic heterocycles. The van der Waals surface area contributed by atoms with Gasteiger partial charge in [0.15, 0.2) is 0 Å². The summed E-state index contributed by atoms with van der Waals surface area (Å²) in [5.41, 5.74) is 4.38. The van der Waals surface area contributed by atoms with Crippen LogP contribution in [0.15, 0.2) is 29.4 Å². The molecule has 0 fully saturated rings. The normalized spacial score (nSPS) is 17.7. The number of nitrogens with one attached hydrogen (secondary N) is 1. The Morgan fingerprint density at radius 1 is 1.15 bits per heavy atom. The largest absolute Gasteiger partial charge is 0.394 e. The molecule has 0 unspecified atom stereocenters. The molecule has 0 spiro atoms. The third kappa shape index (κ3) is 4.55. The van der Waals surface area contributed by atoms with Crippen molar-refractivity contribution >= 4 is 11.9 Å². The van der Waals surface area contributed by atoms with Gasteiger partial charge in [0.25, 0.3) is 0 Å². The van der Waals surface area contributed by atoms with E-state index in [1.165, 1.54) is 0 Å². The van der Waals surface area contributed by atoms with Crippen LogP contribution in [0.4, 0.5) is 5.69 Å². The molecule has 1 rings (SSSR count). The van der Waals surface area contributed by atoms with Crippen LogP contribution in [0.3, 0.4) is 0 Å². The molecule has 1 aromatic carbocycles. The smallest absolute Gasteiger partial charge is 0.119 e. The van der Waals surface area contributed by atoms with E-state index in [1.54, 1.807) is 6.07 Å². The highest BCUT2D eigenvalue weighted by Gasteiger charge is 2.29. The maximum absolute atomic E-state index is 9.59. The number of nitrogens with zero attached hydrogens (tertiary/aromatic N) is 1. The van der Waals surface area contributed by atoms with E-state index in [4.69, 9.17) is 10.2 Å². The van der Waals surface area contributed by atoms with Crippen molar-refractivity contribution in [1.29, 1.82) is 0 Å². The molecular weight excluding hydrogens is 264 g/mol. The number of hydrogen-bond donors (Lipinski definition) is 6. The van der Waals surface area contributed by atoms with Gasteiger partial charge in [0.05, 0.1) is 18.5 Å². The molecule has 0 aliphatic carbocycles. The topological polar surface area (TPSA) is 126 Å². The van der Waals surface area contributed by atoms with Gasteiger partial charge in [-0.1, -0.05) is 18.2 Å². The van der Waals surface area contributed by atoms with Crippen molar-refractivity contribution in [2.24, 2.45) is 5.10 Å². The molecule has 7 nitrogen and oxygen atoms in total. The van der Waals surface area contributed by atoms with Gasteiger partial charge in [-0.25, -0.2) is 0 Å². The molecule has 6 N–H and O–H groups in total. The number of hydrazone groups is 1. The number of rotatable bonds is 7. The van der Waals surface area contributed by atoms with E-state index in [1.807, 2.05) is 25.1 Å². The number of hydrogen-bond acceptors (Lipinski definition) is 7. The first-order chi connectivity index (χ1) is 9.47. The van der Waals surface area contributed by atoms with Crippen LogP contribution in [0.5, 0.6) is 0 Å². The first-order valence-corrected chi connectivity index (χ1v) is 6.15. The van der Waals surface area contributed by atoms with E-state index in [0.717, 1.165) is 17.5 Å². The third-order valence-corrected chi connectivity index (χ3v) is 2.84. The molecule has 20 heavy (non-hydrogen) atoms. The molecule has 0 radical (unpaired) electrons. The zero-order valence-electron chi connectivity index (χ0n) is 11.1. The Morgan fingerprint density at radius 3 is 2.40 bits per heavy atom. The molecule has 1 aromatic rings. The van der Waals surface area contributed by atoms with Crippen molar-refractivity contribution in [3.05, 3.63) is 29.8 Å². The maximum atomic E-state index is 9.59. The lowest BCUT2D eigenvalue weighted by Crippen LogP contribution is -2.46. The van der Waals surface area contributed by atoms with E-state index in [9.17, 15) is 15.3 Å². The highest BCUT2D eigenvalue weighted by molar-refractivity contribution is 5.65. The first kappa shape index (κ1) is 16.5. The Labute approximate surface area is 116 Å². The molecule has 0 saturated carbocycles. The highest BCUT2D eigenvalue weighted by Crippen LogP contribution is 2.12. The van der Waals surface area contributed by atoms with Crippen LogP contribution in [-0.2, 0) is 0 Å². The van der Waals surface area contributed by atoms with E-state index >= 15 is 0 Å². The summed E-state index contributed by atoms with van der Waals surface area (Å²) in [6.07, 6.45) is -5.33. The minimum atomic E-state index is -1.67. The second kappa shape index (κ2) is 7.93. The lowest BCUT2D eigenvalue weighted by molar-refractivity contribution is -0.0999. The Hall–Kier alpha value is -1.51. The second-order valence-corrected chi connectivity index (χ2v) is 4.43. The molecule has 0 heterocycles. The fourth-order valence-electron chi connectivity index (χ4n) is 1.51. The van der Waals surface area contributed by atoms with Crippen LogP contribution in [-0.4, -0.2) is 62.8 Å². The highest BCUT2D eigenvalue weighted by atomic mass is 16.4. The lowest BCUT2D eigenvalue weighted by Gasteiger charge is -2.23. The number of benzene rings is 1. The predicted molar refractivity (Wildman–Crippen MR) is 74.4 cm³/mol. The number of para-hydroxylation sites is 1. The van der Waals surface area contributed by atoms with Crippen molar-refractivity contribution < 1.29 is 25.5 Å². The summed E-state index contributed by atoms with van der Waals surface area (Å²) in [5.74, 6) is 0. The van der Waals surface area contributed by atoms with Gasteiger partial charge < -0.3 is 25.5 Å². The average Bonchev–Trinajstić information content (AvgIpc) is 2.46. The maximum Gasteiger partial charge on any atom is 0.119 e. The van der Waals surface area contributed by atoms with Crippen LogP contribution in [0.1, 0.15) is 5.56 Å². The third-order valence-electron chi connectivity index (χ3n) is 2.84. The summed E-state index contributed by atoms with van der Waals surface area (Å²) in [6.45, 7) is 1.16. The van der Waals surface area contributed by atoms with Crippen LogP contribution >= 0.6 is 0 Å². The standard InChI is InChI=1S/C13H20N2O5/c1-8-4-2-3-5-9(8)15-14-6-10(17)12(19)13(20)11(18)7-16/h2-6,10-13,15-20H,7H2,1H3/t10-,11+,12+,13-/m0/s1. The predicted octanol–water partition coefficient (Wildman–Crippen LogP) is -1.17. The molecule has 0 bridgehead atoms. The second-order valence-electron chi connectivity index (χ2n) is 4.43. The monoisotopic (exact) mass is 284 g/mol. The molecule has 0 aliphatic rings. The zero-order chi connectivity index (χ0) is 15.1. The van der Waals surface area contributed by atoms with Gasteiger partial charge in [0, 0.05) is 0 Å². The fraction of sp³-hybridized carbons (Fsp3) is 0.462. The van der Waals surface area contributed by atoms with Crippen LogP contribution in [0, 0.1) is 6.92 Å². The van der Waals surface area contributed by atoms with Crippen molar-refractivity contribution in [1.82, 2.24) is 0 Å². The summed E-state index contributed by atoms with van der Waals surface area (Å²) in [5, 5.41) is 50.1. The minimum absolute atomic E-state index is 0.719. The summed E-state index contributed by atoms with van der Waals surface area (Å²) >= 11 is 0. The molecule has 0 saturated heterocycles. The number of anilines is 1. The fourth-order valence-corrected chi connectivity index (χ4v) is 1.51. The van der Waals surface area contributed by atoms with Crippen molar-refractivity contribution in [3.63, 3.8) is 0 Å². The lowest BCUT2D eigenvalue weighted by atomic mass is 10.0. The Kier molecular flexibility index (Phi) is 6.56. The van der Waals surface area contributed by atoms with Gasteiger partial charge in [-0.05, 0) is 18.6 Å². The minimum Gasteiger partial charge on any atom is -0.394 e. The number of aliphatic hydroxyl groups excluding tert-OH is 5. The van der Waals surface area contributed by atoms with E-state index in [2.05, 4.69) is 10.5 Å². The van der Waals surface area contributed by atoms with Crippen LogP contribution in [0.25, 0.3) is 0 Å². The van der Waals surface area contributed by atoms with Gasteiger partial charge in [-0.3, -0.25) is 5.43 Å². The van der Waals surface area contributed by atoms with Gasteiger partial charge in [0.1, 0.15) is 24.4 Å². The first-order valence-electron chi connectivity index (χ1n) is 6.15. The van der Waals surface area contributed by atoms with E-state index in [-0.39, 0.29) is 0 Å². The van der Waals surface area contributed by atoms with Crippen molar-refractivity contribution in [2.45, 2.75) is 31.3 Å². The Morgan fingerprint density at radius 2 is 1.80 bits per heavy atom. The summed E-state index contributed by atoms with van der Waals surface area (Å²) in [4.78, 5) is 0.